The van der Waals surface area contributed by atoms with Crippen molar-refractivity contribution in [2.24, 2.45) is 0 Å². The van der Waals surface area contributed by atoms with Crippen LogP contribution in [0.5, 0.6) is 0 Å². The average molecular weight is 315 g/mol. The summed E-state index contributed by atoms with van der Waals surface area (Å²) in [6.07, 6.45) is 10.4. The van der Waals surface area contributed by atoms with Gasteiger partial charge in [-0.3, -0.25) is 0 Å². The van der Waals surface area contributed by atoms with Gasteiger partial charge in [0.1, 0.15) is 0 Å². The lowest BCUT2D eigenvalue weighted by Crippen LogP contribution is -2.26. The zero-order chi connectivity index (χ0) is 15.3. The third-order valence-corrected chi connectivity index (χ3v) is 4.84. The van der Waals surface area contributed by atoms with Gasteiger partial charge >= 0.3 is 0 Å². The standard InChI is InChI=1S/C17H27ClO3/c1-3-7-14(18)13(4-2)12-16-15(8-11-19)20-17(21-16)9-5-6-10-17/h3,7,15-16,19H,4-6,8-12H2,1-2H3/b7-3-,14-13-/t15-,16?/m1/s1. The van der Waals surface area contributed by atoms with Crippen LogP contribution >= 0.6 is 11.6 Å². The summed E-state index contributed by atoms with van der Waals surface area (Å²) in [7, 11) is 0. The number of aliphatic hydroxyl groups is 1. The molecule has 1 saturated heterocycles. The molecule has 0 aromatic heterocycles. The molecule has 0 amide bonds. The molecule has 1 heterocycles. The van der Waals surface area contributed by atoms with Gasteiger partial charge in [0.15, 0.2) is 5.79 Å². The first-order chi connectivity index (χ1) is 10.1. The maximum Gasteiger partial charge on any atom is 0.169 e. The highest BCUT2D eigenvalue weighted by molar-refractivity contribution is 6.31. The summed E-state index contributed by atoms with van der Waals surface area (Å²) >= 11 is 6.35. The topological polar surface area (TPSA) is 38.7 Å². The highest BCUT2D eigenvalue weighted by atomic mass is 35.5. The summed E-state index contributed by atoms with van der Waals surface area (Å²) in [5.41, 5.74) is 1.20. The summed E-state index contributed by atoms with van der Waals surface area (Å²) in [5.74, 6) is -0.392. The maximum absolute atomic E-state index is 9.28. The molecular weight excluding hydrogens is 288 g/mol. The molecule has 2 atom stereocenters. The lowest BCUT2D eigenvalue weighted by Gasteiger charge is -2.22. The van der Waals surface area contributed by atoms with Crippen molar-refractivity contribution in [3.63, 3.8) is 0 Å². The van der Waals surface area contributed by atoms with Gasteiger partial charge in [0.2, 0.25) is 0 Å². The first-order valence-electron chi connectivity index (χ1n) is 8.11. The Kier molecular flexibility index (Phi) is 6.30. The van der Waals surface area contributed by atoms with Crippen LogP contribution in [0.1, 0.15) is 58.8 Å². The number of hydrogen-bond donors (Lipinski definition) is 1. The molecule has 0 aromatic carbocycles. The predicted octanol–water partition coefficient (Wildman–Crippen LogP) is 4.29. The Morgan fingerprint density at radius 1 is 1.29 bits per heavy atom. The molecule has 21 heavy (non-hydrogen) atoms. The number of ether oxygens (including phenoxy) is 2. The van der Waals surface area contributed by atoms with E-state index in [2.05, 4.69) is 6.92 Å². The smallest absolute Gasteiger partial charge is 0.169 e. The van der Waals surface area contributed by atoms with Gasteiger partial charge in [-0.2, -0.15) is 0 Å². The van der Waals surface area contributed by atoms with E-state index in [1.54, 1.807) is 0 Å². The second-order valence-corrected chi connectivity index (χ2v) is 6.36. The van der Waals surface area contributed by atoms with Crippen molar-refractivity contribution in [3.8, 4) is 0 Å². The van der Waals surface area contributed by atoms with E-state index in [9.17, 15) is 5.11 Å². The minimum absolute atomic E-state index is 0.00389. The fraction of sp³-hybridized carbons (Fsp3) is 0.765. The highest BCUT2D eigenvalue weighted by Gasteiger charge is 2.48. The molecule has 1 N–H and O–H groups in total. The summed E-state index contributed by atoms with van der Waals surface area (Å²) in [4.78, 5) is 0. The molecule has 1 saturated carbocycles. The molecule has 0 aromatic rings. The molecule has 2 fully saturated rings. The SMILES string of the molecule is C/C=C\C(Cl)=C(/CC)CC1OC2(CCCC2)O[C@@H]1CCO. The summed E-state index contributed by atoms with van der Waals surface area (Å²) < 4.78 is 12.5. The van der Waals surface area contributed by atoms with E-state index in [1.165, 1.54) is 5.57 Å². The van der Waals surface area contributed by atoms with Crippen molar-refractivity contribution in [2.75, 3.05) is 6.61 Å². The number of rotatable bonds is 6. The van der Waals surface area contributed by atoms with Gasteiger partial charge in [0, 0.05) is 24.5 Å². The molecule has 2 aliphatic rings. The van der Waals surface area contributed by atoms with Crippen molar-refractivity contribution in [1.82, 2.24) is 0 Å². The Balaban J connectivity index is 2.10. The molecule has 1 spiro atoms. The van der Waals surface area contributed by atoms with Crippen LogP contribution in [0.3, 0.4) is 0 Å². The normalized spacial score (nSPS) is 29.5. The lowest BCUT2D eigenvalue weighted by molar-refractivity contribution is -0.170. The van der Waals surface area contributed by atoms with Crippen LogP contribution in [0.25, 0.3) is 0 Å². The van der Waals surface area contributed by atoms with Gasteiger partial charge in [0.25, 0.3) is 0 Å². The second-order valence-electron chi connectivity index (χ2n) is 5.95. The maximum atomic E-state index is 9.28. The zero-order valence-corrected chi connectivity index (χ0v) is 13.9. The van der Waals surface area contributed by atoms with Crippen LogP contribution in [0.2, 0.25) is 0 Å². The fourth-order valence-corrected chi connectivity index (χ4v) is 3.68. The first kappa shape index (κ1) is 17.0. The molecule has 2 rings (SSSR count). The molecule has 4 heteroatoms. The second kappa shape index (κ2) is 7.77. The average Bonchev–Trinajstić information content (AvgIpc) is 3.05. The highest BCUT2D eigenvalue weighted by Crippen LogP contribution is 2.44. The van der Waals surface area contributed by atoms with Crippen LogP contribution in [0, 0.1) is 0 Å². The monoisotopic (exact) mass is 314 g/mol. The summed E-state index contributed by atoms with van der Waals surface area (Å²) in [5, 5.41) is 10.1. The van der Waals surface area contributed by atoms with Crippen molar-refractivity contribution >= 4 is 11.6 Å². The first-order valence-corrected chi connectivity index (χ1v) is 8.48. The zero-order valence-electron chi connectivity index (χ0n) is 13.1. The Hall–Kier alpha value is -0.350. The van der Waals surface area contributed by atoms with Gasteiger partial charge < -0.3 is 14.6 Å². The minimum atomic E-state index is -0.392. The Labute approximate surface area is 133 Å². The fourth-order valence-electron chi connectivity index (χ4n) is 3.34. The van der Waals surface area contributed by atoms with Crippen LogP contribution in [-0.4, -0.2) is 29.7 Å². The molecule has 0 radical (unpaired) electrons. The lowest BCUT2D eigenvalue weighted by atomic mass is 10.00. The van der Waals surface area contributed by atoms with Crippen molar-refractivity contribution in [3.05, 3.63) is 22.8 Å². The number of allylic oxidation sites excluding steroid dienone is 3. The van der Waals surface area contributed by atoms with Crippen molar-refractivity contribution in [2.45, 2.75) is 76.8 Å². The third kappa shape index (κ3) is 4.10. The van der Waals surface area contributed by atoms with Gasteiger partial charge in [-0.25, -0.2) is 0 Å². The van der Waals surface area contributed by atoms with Gasteiger partial charge in [-0.1, -0.05) is 24.6 Å². The van der Waals surface area contributed by atoms with Gasteiger partial charge in [-0.15, -0.1) is 0 Å². The van der Waals surface area contributed by atoms with Crippen molar-refractivity contribution in [1.29, 1.82) is 0 Å². The van der Waals surface area contributed by atoms with E-state index in [1.807, 2.05) is 19.1 Å². The van der Waals surface area contributed by atoms with E-state index in [-0.39, 0.29) is 18.8 Å². The van der Waals surface area contributed by atoms with Crippen LogP contribution in [-0.2, 0) is 9.47 Å². The Morgan fingerprint density at radius 3 is 2.52 bits per heavy atom. The Morgan fingerprint density at radius 2 is 1.95 bits per heavy atom. The third-order valence-electron chi connectivity index (χ3n) is 4.45. The predicted molar refractivity (Wildman–Crippen MR) is 85.2 cm³/mol. The molecule has 1 aliphatic heterocycles. The van der Waals surface area contributed by atoms with Crippen molar-refractivity contribution < 1.29 is 14.6 Å². The van der Waals surface area contributed by atoms with Gasteiger partial charge in [0.05, 0.1) is 12.2 Å². The van der Waals surface area contributed by atoms with Gasteiger partial charge in [-0.05, 0) is 50.7 Å². The molecule has 1 unspecified atom stereocenters. The molecule has 0 bridgehead atoms. The number of halogens is 1. The molecule has 1 aliphatic carbocycles. The molecular formula is C17H27ClO3. The van der Waals surface area contributed by atoms with E-state index >= 15 is 0 Å². The number of hydrogen-bond acceptors (Lipinski definition) is 3. The quantitative estimate of drug-likeness (QED) is 0.743. The molecule has 3 nitrogen and oxygen atoms in total. The minimum Gasteiger partial charge on any atom is -0.396 e. The van der Waals surface area contributed by atoms with Crippen LogP contribution in [0.15, 0.2) is 22.8 Å². The summed E-state index contributed by atoms with van der Waals surface area (Å²) in [6, 6.07) is 0. The van der Waals surface area contributed by atoms with E-state index in [4.69, 9.17) is 21.1 Å². The van der Waals surface area contributed by atoms with E-state index in [0.717, 1.165) is 43.6 Å². The Bertz CT molecular complexity index is 397. The summed E-state index contributed by atoms with van der Waals surface area (Å²) in [6.45, 7) is 4.21. The largest absolute Gasteiger partial charge is 0.396 e. The van der Waals surface area contributed by atoms with Crippen LogP contribution in [0.4, 0.5) is 0 Å². The molecule has 120 valence electrons. The van der Waals surface area contributed by atoms with E-state index < -0.39 is 5.79 Å². The van der Waals surface area contributed by atoms with E-state index in [0.29, 0.717) is 6.42 Å². The van der Waals surface area contributed by atoms with Crippen LogP contribution < -0.4 is 0 Å². The number of aliphatic hydroxyl groups excluding tert-OH is 1.